The zero-order valence-electron chi connectivity index (χ0n) is 2.91. The van der Waals surface area contributed by atoms with Gasteiger partial charge in [0.05, 0.1) is 0 Å². The fraction of sp³-hybridized carbons (Fsp3) is 0. The van der Waals surface area contributed by atoms with Gasteiger partial charge in [-0.15, -0.1) is 0 Å². The Morgan fingerprint density at radius 1 is 1.14 bits per heavy atom. The minimum atomic E-state index is -2.63. The van der Waals surface area contributed by atoms with E-state index >= 15 is 0 Å². The monoisotopic (exact) mass is 253 g/mol. The quantitative estimate of drug-likeness (QED) is 0.372. The number of hydrogen-bond acceptors (Lipinski definition) is 4. The second kappa shape index (κ2) is 3.80. The van der Waals surface area contributed by atoms with E-state index in [1.165, 1.54) is 0 Å². The molecule has 0 aliphatic carbocycles. The van der Waals surface area contributed by atoms with Crippen molar-refractivity contribution in [2.45, 2.75) is 0 Å². The van der Waals surface area contributed by atoms with Gasteiger partial charge in [0.15, 0.2) is 0 Å². The van der Waals surface area contributed by atoms with Gasteiger partial charge in [-0.25, -0.2) is 0 Å². The van der Waals surface area contributed by atoms with E-state index in [1.54, 1.807) is 0 Å². The standard InChI is InChI=1S/IO4P2/c2-6(3)1-7(4)5/q-1. The van der Waals surface area contributed by atoms with Crippen molar-refractivity contribution in [1.82, 2.24) is 0 Å². The van der Waals surface area contributed by atoms with Gasteiger partial charge < -0.3 is 0 Å². The van der Waals surface area contributed by atoms with Crippen LogP contribution in [-0.4, -0.2) is 0 Å². The normalized spacial score (nSPS) is 14.0. The van der Waals surface area contributed by atoms with Crippen LogP contribution >= 0.6 is 11.3 Å². The molecule has 2 unspecified atom stereocenters. The maximum atomic E-state index is 9.51. The first-order chi connectivity index (χ1) is 3.13. The molecule has 42 valence electrons. The summed E-state index contributed by atoms with van der Waals surface area (Å²) in [5, 5.41) is 0. The number of halogens is 1. The summed E-state index contributed by atoms with van der Waals surface area (Å²) < 4.78 is 19.0. The van der Waals surface area contributed by atoms with Gasteiger partial charge in [0.1, 0.15) is 0 Å². The molecule has 2 atom stereocenters. The third kappa shape index (κ3) is 6.85. The molecule has 0 aromatic heterocycles. The van der Waals surface area contributed by atoms with Crippen LogP contribution in [0.3, 0.4) is 0 Å². The Kier molecular flexibility index (Phi) is 4.27. The van der Waals surface area contributed by atoms with E-state index in [2.05, 4.69) is 0 Å². The van der Waals surface area contributed by atoms with E-state index in [0.29, 0.717) is 0 Å². The molecule has 0 saturated heterocycles. The zero-order valence-corrected chi connectivity index (χ0v) is 6.85. The predicted octanol–water partition coefficient (Wildman–Crippen LogP) is -3.89. The molecular weight excluding hydrogens is 253 g/mol. The summed E-state index contributed by atoms with van der Waals surface area (Å²) in [7, 11) is 0. The molecule has 0 aromatic carbocycles. The van der Waals surface area contributed by atoms with Gasteiger partial charge in [-0.05, 0) is 0 Å². The van der Waals surface area contributed by atoms with Crippen molar-refractivity contribution < 1.29 is 39.0 Å². The molecular formula is IO4P2-. The summed E-state index contributed by atoms with van der Waals surface area (Å²) in [5.41, 5.74) is -5.25. The maximum absolute atomic E-state index is 9.51. The summed E-state index contributed by atoms with van der Waals surface area (Å²) in [6.45, 7) is 0. The van der Waals surface area contributed by atoms with Crippen molar-refractivity contribution in [1.29, 1.82) is 0 Å². The van der Waals surface area contributed by atoms with E-state index in [0.717, 1.165) is 0 Å². The van der Waals surface area contributed by atoms with Gasteiger partial charge in [0.25, 0.3) is 0 Å². The van der Waals surface area contributed by atoms with Gasteiger partial charge >= 0.3 is 50.4 Å². The fourth-order valence-electron chi connectivity index (χ4n) is 0.0504. The first kappa shape index (κ1) is 7.85. The molecule has 0 heterocycles. The predicted molar refractivity (Wildman–Crippen MR) is 15.2 cm³/mol. The summed E-state index contributed by atoms with van der Waals surface area (Å²) >= 11 is -1.59. The Labute approximate surface area is 50.6 Å². The molecule has 0 aliphatic rings. The Balaban J connectivity index is 3.32. The molecule has 0 aliphatic heterocycles. The zero-order chi connectivity index (χ0) is 5.86. The molecule has 0 spiro atoms. The topological polar surface area (TPSA) is 80.3 Å². The van der Waals surface area contributed by atoms with Crippen molar-refractivity contribution in [2.24, 2.45) is 0 Å². The molecule has 0 saturated carbocycles. The number of rotatable bonds is 2. The third-order valence-electron chi connectivity index (χ3n) is 0.123. The van der Waals surface area contributed by atoms with Crippen LogP contribution in [0.25, 0.3) is 0 Å². The third-order valence-corrected chi connectivity index (χ3v) is 7.45. The van der Waals surface area contributed by atoms with Crippen LogP contribution in [-0.2, 0) is 9.13 Å². The van der Waals surface area contributed by atoms with Crippen molar-refractivity contribution in [3.63, 3.8) is 0 Å². The van der Waals surface area contributed by atoms with Crippen molar-refractivity contribution >= 4 is 11.3 Å². The van der Waals surface area contributed by atoms with Gasteiger partial charge in [-0.1, -0.05) is 0 Å². The summed E-state index contributed by atoms with van der Waals surface area (Å²) in [6, 6.07) is 0. The Hall–Kier alpha value is 0.850. The molecule has 4 nitrogen and oxygen atoms in total. The second-order valence-electron chi connectivity index (χ2n) is 0.501. The van der Waals surface area contributed by atoms with Crippen LogP contribution in [0, 0.1) is 0 Å². The molecule has 0 amide bonds. The summed E-state index contributed by atoms with van der Waals surface area (Å²) in [6.07, 6.45) is 0. The summed E-state index contributed by atoms with van der Waals surface area (Å²) in [5.74, 6) is 0. The molecule has 0 bridgehead atoms. The van der Waals surface area contributed by atoms with Crippen LogP contribution in [0.2, 0.25) is 0 Å². The molecule has 0 radical (unpaired) electrons. The van der Waals surface area contributed by atoms with Crippen LogP contribution in [0.15, 0.2) is 0 Å². The fourth-order valence-corrected chi connectivity index (χ4v) is 3.04. The van der Waals surface area contributed by atoms with Crippen LogP contribution in [0.4, 0.5) is 0 Å². The van der Waals surface area contributed by atoms with E-state index in [-0.39, 0.29) is 0 Å². The van der Waals surface area contributed by atoms with Gasteiger partial charge in [0.2, 0.25) is 0 Å². The molecule has 0 fully saturated rings. The van der Waals surface area contributed by atoms with E-state index in [1.807, 2.05) is 0 Å². The Bertz CT molecular complexity index is 85.9. The van der Waals surface area contributed by atoms with Gasteiger partial charge in [-0.2, -0.15) is 0 Å². The van der Waals surface area contributed by atoms with Crippen LogP contribution < -0.4 is 29.9 Å². The van der Waals surface area contributed by atoms with Gasteiger partial charge in [-0.3, -0.25) is 0 Å². The summed E-state index contributed by atoms with van der Waals surface area (Å²) in [4.78, 5) is 19.0. The van der Waals surface area contributed by atoms with Crippen LogP contribution in [0.1, 0.15) is 0 Å². The Morgan fingerprint density at radius 2 is 1.43 bits per heavy atom. The minimum absolute atomic E-state index is 1.59. The van der Waals surface area contributed by atoms with Crippen molar-refractivity contribution in [3.8, 4) is 0 Å². The second-order valence-corrected chi connectivity index (χ2v) is 10.6. The first-order valence-corrected chi connectivity index (χ1v) is 8.99. The van der Waals surface area contributed by atoms with E-state index in [4.69, 9.17) is 0 Å². The first-order valence-electron chi connectivity index (χ1n) is 1.07. The van der Waals surface area contributed by atoms with E-state index in [9.17, 15) is 18.9 Å². The van der Waals surface area contributed by atoms with Gasteiger partial charge in [0, 0.05) is 0 Å². The van der Waals surface area contributed by atoms with Crippen LogP contribution in [0.5, 0.6) is 0 Å². The molecule has 7 heteroatoms. The average molecular weight is 253 g/mol. The SMILES string of the molecule is O=[P+]([O-])[I-][P+](=O)[O-]. The van der Waals surface area contributed by atoms with Crippen molar-refractivity contribution in [3.05, 3.63) is 0 Å². The number of hydrogen-bond donors (Lipinski definition) is 0. The average Bonchev–Trinajstić information content (AvgIpc) is 1.27. The van der Waals surface area contributed by atoms with E-state index < -0.39 is 31.4 Å². The molecule has 0 N–H and O–H groups in total. The molecule has 7 heavy (non-hydrogen) atoms. The molecule has 0 rings (SSSR count). The Morgan fingerprint density at radius 3 is 1.43 bits per heavy atom. The van der Waals surface area contributed by atoms with Crippen molar-refractivity contribution in [2.75, 3.05) is 0 Å². The molecule has 0 aromatic rings.